The van der Waals surface area contributed by atoms with E-state index in [0.717, 1.165) is 6.20 Å². The predicted molar refractivity (Wildman–Crippen MR) is 44.7 cm³/mol. The number of pyridine rings is 1. The lowest BCUT2D eigenvalue weighted by molar-refractivity contribution is 0.230. The number of hydrogen-bond acceptors (Lipinski definition) is 3. The molecule has 0 bridgehead atoms. The molecule has 0 amide bonds. The minimum atomic E-state index is -0.548. The molecule has 1 aromatic heterocycles. The fourth-order valence-corrected chi connectivity index (χ4v) is 0.826. The van der Waals surface area contributed by atoms with Crippen molar-refractivity contribution in [2.45, 2.75) is 20.0 Å². The van der Waals surface area contributed by atoms with Crippen molar-refractivity contribution < 1.29 is 9.13 Å². The molecule has 1 heterocycles. The number of nitriles is 1. The van der Waals surface area contributed by atoms with Crippen molar-refractivity contribution in [3.8, 4) is 11.8 Å². The number of aromatic nitrogens is 1. The quantitative estimate of drug-likeness (QED) is 0.698. The minimum Gasteiger partial charge on any atom is -0.488 e. The van der Waals surface area contributed by atoms with E-state index >= 15 is 0 Å². The van der Waals surface area contributed by atoms with Gasteiger partial charge < -0.3 is 4.74 Å². The Morgan fingerprint density at radius 3 is 2.85 bits per heavy atom. The molecule has 0 fully saturated rings. The van der Waals surface area contributed by atoms with Crippen LogP contribution in [0.1, 0.15) is 19.5 Å². The van der Waals surface area contributed by atoms with Gasteiger partial charge in [0, 0.05) is 6.07 Å². The normalized spacial score (nSPS) is 9.77. The Hall–Kier alpha value is -1.63. The minimum absolute atomic E-state index is 0.0709. The van der Waals surface area contributed by atoms with Gasteiger partial charge in [0.15, 0.2) is 11.6 Å². The van der Waals surface area contributed by atoms with Crippen LogP contribution in [0.4, 0.5) is 4.39 Å². The largest absolute Gasteiger partial charge is 0.488 e. The Morgan fingerprint density at radius 1 is 1.62 bits per heavy atom. The van der Waals surface area contributed by atoms with E-state index in [0.29, 0.717) is 0 Å². The molecule has 0 atom stereocenters. The maximum atomic E-state index is 13.0. The third-order valence-electron chi connectivity index (χ3n) is 1.30. The van der Waals surface area contributed by atoms with Gasteiger partial charge in [0.05, 0.1) is 12.3 Å². The van der Waals surface area contributed by atoms with Gasteiger partial charge in [-0.05, 0) is 13.8 Å². The Balaban J connectivity index is 2.99. The zero-order chi connectivity index (χ0) is 9.84. The third-order valence-corrected chi connectivity index (χ3v) is 1.30. The van der Waals surface area contributed by atoms with E-state index in [1.54, 1.807) is 13.8 Å². The van der Waals surface area contributed by atoms with E-state index in [1.807, 2.05) is 6.07 Å². The highest BCUT2D eigenvalue weighted by molar-refractivity contribution is 5.31. The zero-order valence-corrected chi connectivity index (χ0v) is 7.41. The van der Waals surface area contributed by atoms with Crippen LogP contribution in [-0.4, -0.2) is 11.1 Å². The van der Waals surface area contributed by atoms with Gasteiger partial charge in [-0.2, -0.15) is 5.26 Å². The summed E-state index contributed by atoms with van der Waals surface area (Å²) < 4.78 is 18.1. The average Bonchev–Trinajstić information content (AvgIpc) is 2.08. The zero-order valence-electron chi connectivity index (χ0n) is 7.41. The van der Waals surface area contributed by atoms with Gasteiger partial charge in [0.2, 0.25) is 0 Å². The van der Waals surface area contributed by atoms with Crippen LogP contribution in [0.5, 0.6) is 5.75 Å². The molecule has 0 aliphatic heterocycles. The van der Waals surface area contributed by atoms with Crippen molar-refractivity contribution in [2.75, 3.05) is 0 Å². The van der Waals surface area contributed by atoms with E-state index in [2.05, 4.69) is 4.98 Å². The lowest BCUT2D eigenvalue weighted by Crippen LogP contribution is -2.07. The standard InChI is InChI=1S/C9H9FN2O/c1-6(2)13-9-3-7(4-11)12-5-8(9)10/h3,5-6H,1-2H3. The summed E-state index contributed by atoms with van der Waals surface area (Å²) in [5, 5.41) is 8.50. The molecule has 0 aromatic carbocycles. The van der Waals surface area contributed by atoms with Crippen LogP contribution in [0.2, 0.25) is 0 Å². The molecular weight excluding hydrogens is 171 g/mol. The maximum absolute atomic E-state index is 13.0. The summed E-state index contributed by atoms with van der Waals surface area (Å²) in [6.45, 7) is 3.57. The van der Waals surface area contributed by atoms with Gasteiger partial charge in [0.25, 0.3) is 0 Å². The highest BCUT2D eigenvalue weighted by Crippen LogP contribution is 2.17. The van der Waals surface area contributed by atoms with E-state index in [-0.39, 0.29) is 17.5 Å². The molecule has 0 saturated heterocycles. The first-order chi connectivity index (χ1) is 6.13. The van der Waals surface area contributed by atoms with Gasteiger partial charge in [0.1, 0.15) is 11.8 Å². The predicted octanol–water partition coefficient (Wildman–Crippen LogP) is 1.88. The molecule has 4 heteroatoms. The SMILES string of the molecule is CC(C)Oc1cc(C#N)ncc1F. The summed E-state index contributed by atoms with van der Waals surface area (Å²) in [5.41, 5.74) is 0.150. The van der Waals surface area contributed by atoms with E-state index in [1.165, 1.54) is 6.07 Å². The second kappa shape index (κ2) is 3.85. The van der Waals surface area contributed by atoms with Crippen molar-refractivity contribution in [3.05, 3.63) is 23.8 Å². The monoisotopic (exact) mass is 180 g/mol. The first kappa shape index (κ1) is 9.46. The van der Waals surface area contributed by atoms with Crippen LogP contribution < -0.4 is 4.74 Å². The second-order valence-electron chi connectivity index (χ2n) is 2.78. The summed E-state index contributed by atoms with van der Waals surface area (Å²) in [7, 11) is 0. The Bertz CT molecular complexity index is 344. The lowest BCUT2D eigenvalue weighted by Gasteiger charge is -2.09. The summed E-state index contributed by atoms with van der Waals surface area (Å²) in [4.78, 5) is 3.55. The molecule has 0 radical (unpaired) electrons. The van der Waals surface area contributed by atoms with Crippen molar-refractivity contribution in [2.24, 2.45) is 0 Å². The molecule has 0 unspecified atom stereocenters. The van der Waals surface area contributed by atoms with Crippen LogP contribution in [0.25, 0.3) is 0 Å². The van der Waals surface area contributed by atoms with E-state index < -0.39 is 5.82 Å². The molecular formula is C9H9FN2O. The van der Waals surface area contributed by atoms with Crippen molar-refractivity contribution in [3.63, 3.8) is 0 Å². The van der Waals surface area contributed by atoms with Gasteiger partial charge in [-0.1, -0.05) is 0 Å². The molecule has 3 nitrogen and oxygen atoms in total. The molecule has 0 aliphatic carbocycles. The maximum Gasteiger partial charge on any atom is 0.183 e. The summed E-state index contributed by atoms with van der Waals surface area (Å²) in [5.74, 6) is -0.478. The number of hydrogen-bond donors (Lipinski definition) is 0. The fourth-order valence-electron chi connectivity index (χ4n) is 0.826. The summed E-state index contributed by atoms with van der Waals surface area (Å²) in [6, 6.07) is 3.10. The van der Waals surface area contributed by atoms with Crippen LogP contribution >= 0.6 is 0 Å². The number of nitrogens with zero attached hydrogens (tertiary/aromatic N) is 2. The number of rotatable bonds is 2. The molecule has 0 spiro atoms. The topological polar surface area (TPSA) is 45.9 Å². The summed E-state index contributed by atoms with van der Waals surface area (Å²) >= 11 is 0. The van der Waals surface area contributed by atoms with Crippen molar-refractivity contribution in [1.82, 2.24) is 4.98 Å². The van der Waals surface area contributed by atoms with E-state index in [4.69, 9.17) is 10.00 Å². The Kier molecular flexibility index (Phi) is 2.80. The third kappa shape index (κ3) is 2.41. The molecule has 0 saturated carbocycles. The molecule has 1 aromatic rings. The van der Waals surface area contributed by atoms with Crippen LogP contribution in [-0.2, 0) is 0 Å². The first-order valence-electron chi connectivity index (χ1n) is 3.85. The van der Waals surface area contributed by atoms with Gasteiger partial charge in [-0.15, -0.1) is 0 Å². The highest BCUT2D eigenvalue weighted by Gasteiger charge is 2.06. The lowest BCUT2D eigenvalue weighted by atomic mass is 10.3. The van der Waals surface area contributed by atoms with Crippen molar-refractivity contribution in [1.29, 1.82) is 5.26 Å². The first-order valence-corrected chi connectivity index (χ1v) is 3.85. The molecule has 0 aliphatic rings. The second-order valence-corrected chi connectivity index (χ2v) is 2.78. The summed E-state index contributed by atoms with van der Waals surface area (Å²) in [6.07, 6.45) is 0.861. The average molecular weight is 180 g/mol. The molecule has 1 rings (SSSR count). The van der Waals surface area contributed by atoms with Gasteiger partial charge in [-0.3, -0.25) is 0 Å². The van der Waals surface area contributed by atoms with Gasteiger partial charge in [-0.25, -0.2) is 9.37 Å². The van der Waals surface area contributed by atoms with Crippen molar-refractivity contribution >= 4 is 0 Å². The number of halogens is 1. The fraction of sp³-hybridized carbons (Fsp3) is 0.333. The number of ether oxygens (including phenoxy) is 1. The van der Waals surface area contributed by atoms with Crippen LogP contribution in [0.3, 0.4) is 0 Å². The molecule has 0 N–H and O–H groups in total. The smallest absolute Gasteiger partial charge is 0.183 e. The van der Waals surface area contributed by atoms with Gasteiger partial charge >= 0.3 is 0 Å². The molecule has 68 valence electrons. The van der Waals surface area contributed by atoms with E-state index in [9.17, 15) is 4.39 Å². The Labute approximate surface area is 75.8 Å². The van der Waals surface area contributed by atoms with Crippen LogP contribution in [0, 0.1) is 17.1 Å². The molecule has 13 heavy (non-hydrogen) atoms. The van der Waals surface area contributed by atoms with Crippen LogP contribution in [0.15, 0.2) is 12.3 Å². The highest BCUT2D eigenvalue weighted by atomic mass is 19.1. The Morgan fingerprint density at radius 2 is 2.31 bits per heavy atom.